The molecule has 1 aliphatic rings. The number of rotatable bonds is 3. The summed E-state index contributed by atoms with van der Waals surface area (Å²) < 4.78 is 5.23. The molecule has 1 saturated heterocycles. The fourth-order valence-corrected chi connectivity index (χ4v) is 1.10. The van der Waals surface area contributed by atoms with Gasteiger partial charge in [-0.3, -0.25) is 0 Å². The van der Waals surface area contributed by atoms with E-state index in [1.165, 1.54) is 6.42 Å². The maximum atomic E-state index is 5.23. The monoisotopic (exact) mass is 143 g/mol. The second-order valence-corrected chi connectivity index (χ2v) is 3.36. The third kappa shape index (κ3) is 2.67. The zero-order chi connectivity index (χ0) is 7.40. The first-order valence-corrected chi connectivity index (χ1v) is 4.10. The van der Waals surface area contributed by atoms with Crippen LogP contribution in [0.1, 0.15) is 20.3 Å². The van der Waals surface area contributed by atoms with Gasteiger partial charge in [0.25, 0.3) is 0 Å². The summed E-state index contributed by atoms with van der Waals surface area (Å²) in [6, 6.07) is 0.627. The smallest absolute Gasteiger partial charge is 0.0620 e. The minimum atomic E-state index is 0.627. The lowest BCUT2D eigenvalue weighted by Gasteiger charge is -2.11. The quantitative estimate of drug-likeness (QED) is 0.637. The third-order valence-corrected chi connectivity index (χ3v) is 1.74. The van der Waals surface area contributed by atoms with Crippen LogP contribution in [0.2, 0.25) is 0 Å². The standard InChI is InChI=1S/C8H17NO/c1-7(2)5-9-8-3-4-10-6-8/h7-9H,3-6H2,1-2H3/t8-/m1/s1. The molecule has 0 unspecified atom stereocenters. The van der Waals surface area contributed by atoms with Gasteiger partial charge in [0.05, 0.1) is 6.61 Å². The SMILES string of the molecule is CC(C)CN[C@@H]1CCOC1. The van der Waals surface area contributed by atoms with E-state index in [9.17, 15) is 0 Å². The van der Waals surface area contributed by atoms with Crippen LogP contribution in [0.3, 0.4) is 0 Å². The Kier molecular flexibility index (Phi) is 3.16. The van der Waals surface area contributed by atoms with Gasteiger partial charge >= 0.3 is 0 Å². The molecular weight excluding hydrogens is 126 g/mol. The molecule has 0 aromatic heterocycles. The van der Waals surface area contributed by atoms with E-state index in [2.05, 4.69) is 19.2 Å². The van der Waals surface area contributed by atoms with E-state index in [1.54, 1.807) is 0 Å². The van der Waals surface area contributed by atoms with E-state index < -0.39 is 0 Å². The van der Waals surface area contributed by atoms with Crippen molar-refractivity contribution >= 4 is 0 Å². The molecule has 2 heteroatoms. The summed E-state index contributed by atoms with van der Waals surface area (Å²) >= 11 is 0. The van der Waals surface area contributed by atoms with Crippen molar-refractivity contribution in [2.24, 2.45) is 5.92 Å². The molecule has 1 fully saturated rings. The van der Waals surface area contributed by atoms with Crippen molar-refractivity contribution in [1.82, 2.24) is 5.32 Å². The Morgan fingerprint density at radius 3 is 2.90 bits per heavy atom. The molecule has 1 aliphatic heterocycles. The third-order valence-electron chi connectivity index (χ3n) is 1.74. The molecule has 0 spiro atoms. The van der Waals surface area contributed by atoms with Crippen LogP contribution >= 0.6 is 0 Å². The summed E-state index contributed by atoms with van der Waals surface area (Å²) in [7, 11) is 0. The van der Waals surface area contributed by atoms with Crippen molar-refractivity contribution in [1.29, 1.82) is 0 Å². The van der Waals surface area contributed by atoms with Crippen LogP contribution in [0.25, 0.3) is 0 Å². The lowest BCUT2D eigenvalue weighted by Crippen LogP contribution is -2.32. The average molecular weight is 143 g/mol. The van der Waals surface area contributed by atoms with Crippen molar-refractivity contribution in [2.45, 2.75) is 26.3 Å². The second-order valence-electron chi connectivity index (χ2n) is 3.36. The molecule has 1 atom stereocenters. The maximum Gasteiger partial charge on any atom is 0.0620 e. The van der Waals surface area contributed by atoms with E-state index >= 15 is 0 Å². The number of nitrogens with one attached hydrogen (secondary N) is 1. The summed E-state index contributed by atoms with van der Waals surface area (Å²) in [6.45, 7) is 7.42. The summed E-state index contributed by atoms with van der Waals surface area (Å²) in [5.74, 6) is 0.751. The van der Waals surface area contributed by atoms with E-state index in [-0.39, 0.29) is 0 Å². The molecule has 0 aromatic carbocycles. The molecule has 0 aliphatic carbocycles. The van der Waals surface area contributed by atoms with Crippen molar-refractivity contribution in [2.75, 3.05) is 19.8 Å². The first-order valence-electron chi connectivity index (χ1n) is 4.10. The van der Waals surface area contributed by atoms with Crippen LogP contribution in [0.15, 0.2) is 0 Å². The highest BCUT2D eigenvalue weighted by atomic mass is 16.5. The van der Waals surface area contributed by atoms with Gasteiger partial charge in [-0.15, -0.1) is 0 Å². The summed E-state index contributed by atoms with van der Waals surface area (Å²) in [5, 5.41) is 3.46. The molecule has 1 rings (SSSR count). The average Bonchev–Trinajstić information content (AvgIpc) is 2.34. The van der Waals surface area contributed by atoms with Crippen molar-refractivity contribution in [3.63, 3.8) is 0 Å². The first-order chi connectivity index (χ1) is 4.79. The van der Waals surface area contributed by atoms with Gasteiger partial charge in [0, 0.05) is 12.6 Å². The number of ether oxygens (including phenoxy) is 1. The molecular formula is C8H17NO. The number of hydrogen-bond acceptors (Lipinski definition) is 2. The van der Waals surface area contributed by atoms with Crippen molar-refractivity contribution in [3.8, 4) is 0 Å². The van der Waals surface area contributed by atoms with Crippen LogP contribution in [0, 0.1) is 5.92 Å². The topological polar surface area (TPSA) is 21.3 Å². The molecule has 0 saturated carbocycles. The van der Waals surface area contributed by atoms with E-state index in [0.29, 0.717) is 6.04 Å². The lowest BCUT2D eigenvalue weighted by molar-refractivity contribution is 0.189. The molecule has 1 heterocycles. The minimum absolute atomic E-state index is 0.627. The van der Waals surface area contributed by atoms with Crippen LogP contribution in [-0.4, -0.2) is 25.8 Å². The van der Waals surface area contributed by atoms with Gasteiger partial charge < -0.3 is 10.1 Å². The Hall–Kier alpha value is -0.0800. The zero-order valence-corrected chi connectivity index (χ0v) is 6.89. The molecule has 0 bridgehead atoms. The molecule has 0 amide bonds. The Balaban J connectivity index is 2.01. The second kappa shape index (κ2) is 3.94. The van der Waals surface area contributed by atoms with Gasteiger partial charge in [-0.2, -0.15) is 0 Å². The van der Waals surface area contributed by atoms with E-state index in [1.807, 2.05) is 0 Å². The van der Waals surface area contributed by atoms with Crippen molar-refractivity contribution < 1.29 is 4.74 Å². The van der Waals surface area contributed by atoms with Gasteiger partial charge in [0.15, 0.2) is 0 Å². The normalized spacial score (nSPS) is 26.1. The van der Waals surface area contributed by atoms with E-state index in [0.717, 1.165) is 25.7 Å². The first kappa shape index (κ1) is 8.02. The summed E-state index contributed by atoms with van der Waals surface area (Å²) in [6.07, 6.45) is 1.19. The molecule has 60 valence electrons. The van der Waals surface area contributed by atoms with Gasteiger partial charge in [-0.1, -0.05) is 13.8 Å². The molecule has 1 N–H and O–H groups in total. The fourth-order valence-electron chi connectivity index (χ4n) is 1.10. The largest absolute Gasteiger partial charge is 0.380 e. The highest BCUT2D eigenvalue weighted by Gasteiger charge is 2.14. The van der Waals surface area contributed by atoms with E-state index in [4.69, 9.17) is 4.74 Å². The Bertz CT molecular complexity index is 87.3. The minimum Gasteiger partial charge on any atom is -0.380 e. The Labute approximate surface area is 63.0 Å². The highest BCUT2D eigenvalue weighted by molar-refractivity contribution is 4.71. The predicted octanol–water partition coefficient (Wildman–Crippen LogP) is 1.02. The zero-order valence-electron chi connectivity index (χ0n) is 6.89. The molecule has 0 radical (unpaired) electrons. The molecule has 2 nitrogen and oxygen atoms in total. The predicted molar refractivity (Wildman–Crippen MR) is 42.1 cm³/mol. The summed E-state index contributed by atoms with van der Waals surface area (Å²) in [4.78, 5) is 0. The van der Waals surface area contributed by atoms with Gasteiger partial charge in [0.1, 0.15) is 0 Å². The maximum absolute atomic E-state index is 5.23. The summed E-state index contributed by atoms with van der Waals surface area (Å²) in [5.41, 5.74) is 0. The van der Waals surface area contributed by atoms with Crippen LogP contribution in [0.4, 0.5) is 0 Å². The van der Waals surface area contributed by atoms with Crippen molar-refractivity contribution in [3.05, 3.63) is 0 Å². The fraction of sp³-hybridized carbons (Fsp3) is 1.00. The molecule has 0 aromatic rings. The van der Waals surface area contributed by atoms with Gasteiger partial charge in [-0.05, 0) is 18.9 Å². The lowest BCUT2D eigenvalue weighted by atomic mass is 10.2. The van der Waals surface area contributed by atoms with Crippen LogP contribution < -0.4 is 5.32 Å². The Morgan fingerprint density at radius 2 is 2.40 bits per heavy atom. The van der Waals surface area contributed by atoms with Gasteiger partial charge in [-0.25, -0.2) is 0 Å². The highest BCUT2D eigenvalue weighted by Crippen LogP contribution is 2.03. The van der Waals surface area contributed by atoms with Crippen LogP contribution in [0.5, 0.6) is 0 Å². The number of hydrogen-bond donors (Lipinski definition) is 1. The molecule has 10 heavy (non-hydrogen) atoms. The van der Waals surface area contributed by atoms with Gasteiger partial charge in [0.2, 0.25) is 0 Å². The Morgan fingerprint density at radius 1 is 1.60 bits per heavy atom. The van der Waals surface area contributed by atoms with Crippen LogP contribution in [-0.2, 0) is 4.74 Å².